The fourth-order valence-electron chi connectivity index (χ4n) is 4.06. The maximum Gasteiger partial charge on any atom is 0.248 e. The normalized spacial score (nSPS) is 16.6. The molecule has 2 aromatic rings. The zero-order valence-corrected chi connectivity index (χ0v) is 19.1. The van der Waals surface area contributed by atoms with Gasteiger partial charge in [-0.05, 0) is 52.3 Å². The van der Waals surface area contributed by atoms with Crippen LogP contribution in [0.3, 0.4) is 0 Å². The lowest BCUT2D eigenvalue weighted by atomic mass is 9.96. The van der Waals surface area contributed by atoms with Gasteiger partial charge >= 0.3 is 0 Å². The number of para-hydroxylation sites is 1. The monoisotopic (exact) mass is 421 g/mol. The minimum Gasteiger partial charge on any atom is -0.489 e. The number of ether oxygens (including phenoxy) is 1. The highest BCUT2D eigenvalue weighted by molar-refractivity contribution is 5.96. The minimum atomic E-state index is -0.310. The SMILES string of the molecule is CC1(C)C=C(C(=O)NCCCNCc2ccccc2OCc2ccccc2)C(C)(C)N1. The van der Waals surface area contributed by atoms with Crippen molar-refractivity contribution in [2.24, 2.45) is 0 Å². The van der Waals surface area contributed by atoms with Crippen molar-refractivity contribution in [3.63, 3.8) is 0 Å². The second-order valence-corrected chi connectivity index (χ2v) is 9.20. The Morgan fingerprint density at radius 1 is 0.968 bits per heavy atom. The van der Waals surface area contributed by atoms with E-state index in [0.29, 0.717) is 13.2 Å². The topological polar surface area (TPSA) is 62.4 Å². The first-order valence-electron chi connectivity index (χ1n) is 11.0. The molecule has 0 unspecified atom stereocenters. The van der Waals surface area contributed by atoms with Crippen LogP contribution in [0, 0.1) is 0 Å². The molecule has 1 heterocycles. The molecule has 0 radical (unpaired) electrons. The number of benzene rings is 2. The van der Waals surface area contributed by atoms with Crippen LogP contribution in [0.1, 0.15) is 45.2 Å². The van der Waals surface area contributed by atoms with Crippen LogP contribution in [0.2, 0.25) is 0 Å². The van der Waals surface area contributed by atoms with Gasteiger partial charge in [-0.3, -0.25) is 10.1 Å². The van der Waals surface area contributed by atoms with Gasteiger partial charge in [0.15, 0.2) is 0 Å². The lowest BCUT2D eigenvalue weighted by Gasteiger charge is -2.27. The largest absolute Gasteiger partial charge is 0.489 e. The average molecular weight is 422 g/mol. The van der Waals surface area contributed by atoms with Crippen LogP contribution < -0.4 is 20.7 Å². The molecule has 0 saturated heterocycles. The van der Waals surface area contributed by atoms with Gasteiger partial charge in [0, 0.05) is 35.3 Å². The number of carbonyl (C=O) groups is 1. The highest BCUT2D eigenvalue weighted by Gasteiger charge is 2.39. The summed E-state index contributed by atoms with van der Waals surface area (Å²) in [6, 6.07) is 18.3. The minimum absolute atomic E-state index is 0.0164. The molecule has 0 fully saturated rings. The van der Waals surface area contributed by atoms with E-state index in [2.05, 4.69) is 48.0 Å². The van der Waals surface area contributed by atoms with E-state index in [4.69, 9.17) is 4.74 Å². The van der Waals surface area contributed by atoms with Crippen LogP contribution in [0.15, 0.2) is 66.2 Å². The third kappa shape index (κ3) is 6.68. The van der Waals surface area contributed by atoms with Crippen molar-refractivity contribution < 1.29 is 9.53 Å². The summed E-state index contributed by atoms with van der Waals surface area (Å²) < 4.78 is 6.02. The van der Waals surface area contributed by atoms with Crippen molar-refractivity contribution in [2.75, 3.05) is 13.1 Å². The first-order chi connectivity index (χ1) is 14.8. The van der Waals surface area contributed by atoms with Crippen LogP contribution in [-0.2, 0) is 17.9 Å². The van der Waals surface area contributed by atoms with Gasteiger partial charge in [-0.1, -0.05) is 54.6 Å². The second-order valence-electron chi connectivity index (χ2n) is 9.20. The summed E-state index contributed by atoms with van der Waals surface area (Å²) in [5.74, 6) is 0.917. The number of nitrogens with one attached hydrogen (secondary N) is 3. The highest BCUT2D eigenvalue weighted by atomic mass is 16.5. The van der Waals surface area contributed by atoms with E-state index >= 15 is 0 Å². The Morgan fingerprint density at radius 2 is 1.68 bits per heavy atom. The summed E-state index contributed by atoms with van der Waals surface area (Å²) in [4.78, 5) is 12.6. The van der Waals surface area contributed by atoms with Crippen molar-refractivity contribution in [1.29, 1.82) is 0 Å². The number of carbonyl (C=O) groups excluding carboxylic acids is 1. The van der Waals surface area contributed by atoms with Crippen LogP contribution in [0.25, 0.3) is 0 Å². The molecule has 1 amide bonds. The number of hydrogen-bond acceptors (Lipinski definition) is 4. The van der Waals surface area contributed by atoms with Crippen LogP contribution in [-0.4, -0.2) is 30.1 Å². The molecule has 0 saturated carbocycles. The van der Waals surface area contributed by atoms with E-state index in [-0.39, 0.29) is 17.0 Å². The Bertz CT molecular complexity index is 904. The number of rotatable bonds is 10. The van der Waals surface area contributed by atoms with Gasteiger partial charge in [0.05, 0.1) is 0 Å². The molecule has 0 spiro atoms. The summed E-state index contributed by atoms with van der Waals surface area (Å²) in [5.41, 5.74) is 2.63. The molecule has 0 bridgehead atoms. The van der Waals surface area contributed by atoms with Gasteiger partial charge in [-0.15, -0.1) is 0 Å². The molecule has 1 aliphatic rings. The zero-order chi connectivity index (χ0) is 22.3. The predicted molar refractivity (Wildman–Crippen MR) is 126 cm³/mol. The smallest absolute Gasteiger partial charge is 0.248 e. The Morgan fingerprint density at radius 3 is 2.39 bits per heavy atom. The van der Waals surface area contributed by atoms with Crippen LogP contribution >= 0.6 is 0 Å². The third-order valence-electron chi connectivity index (χ3n) is 5.40. The van der Waals surface area contributed by atoms with Gasteiger partial charge < -0.3 is 15.4 Å². The van der Waals surface area contributed by atoms with Crippen molar-refractivity contribution in [3.05, 3.63) is 77.4 Å². The summed E-state index contributed by atoms with van der Waals surface area (Å²) in [5, 5.41) is 9.99. The second kappa shape index (κ2) is 10.1. The fourth-order valence-corrected chi connectivity index (χ4v) is 4.06. The molecule has 1 aliphatic heterocycles. The molecular weight excluding hydrogens is 386 g/mol. The van der Waals surface area contributed by atoms with Gasteiger partial charge in [-0.25, -0.2) is 0 Å². The van der Waals surface area contributed by atoms with Gasteiger partial charge in [0.25, 0.3) is 0 Å². The summed E-state index contributed by atoms with van der Waals surface area (Å²) in [6.45, 7) is 11.0. The zero-order valence-electron chi connectivity index (χ0n) is 19.1. The van der Waals surface area contributed by atoms with E-state index in [1.807, 2.05) is 56.3 Å². The third-order valence-corrected chi connectivity index (χ3v) is 5.40. The summed E-state index contributed by atoms with van der Waals surface area (Å²) >= 11 is 0. The predicted octanol–water partition coefficient (Wildman–Crippen LogP) is 3.95. The summed E-state index contributed by atoms with van der Waals surface area (Å²) in [7, 11) is 0. The molecule has 5 nitrogen and oxygen atoms in total. The molecular formula is C26H35N3O2. The molecule has 3 rings (SSSR count). The molecule has 0 atom stereocenters. The first-order valence-corrected chi connectivity index (χ1v) is 11.0. The van der Waals surface area contributed by atoms with E-state index < -0.39 is 0 Å². The number of amides is 1. The average Bonchev–Trinajstić information content (AvgIpc) is 2.97. The molecule has 166 valence electrons. The maximum atomic E-state index is 12.6. The van der Waals surface area contributed by atoms with E-state index in [1.54, 1.807) is 0 Å². The van der Waals surface area contributed by atoms with Gasteiger partial charge in [-0.2, -0.15) is 0 Å². The standard InChI is InChI=1S/C26H35N3O2/c1-25(2)17-22(26(3,4)29-25)24(30)28-16-10-15-27-18-21-13-8-9-14-23(21)31-19-20-11-6-5-7-12-20/h5-9,11-14,17,27,29H,10,15-16,18-19H2,1-4H3,(H,28,30). The Kier molecular flexibility index (Phi) is 7.52. The lowest BCUT2D eigenvalue weighted by molar-refractivity contribution is -0.118. The van der Waals surface area contributed by atoms with Gasteiger partial charge in [0.1, 0.15) is 12.4 Å². The van der Waals surface area contributed by atoms with Crippen LogP contribution in [0.5, 0.6) is 5.75 Å². The highest BCUT2D eigenvalue weighted by Crippen LogP contribution is 2.29. The van der Waals surface area contributed by atoms with Crippen LogP contribution in [0.4, 0.5) is 0 Å². The van der Waals surface area contributed by atoms with E-state index in [1.165, 1.54) is 0 Å². The first kappa shape index (κ1) is 23.0. The fraction of sp³-hybridized carbons (Fsp3) is 0.423. The summed E-state index contributed by atoms with van der Waals surface area (Å²) in [6.07, 6.45) is 2.90. The van der Waals surface area contributed by atoms with E-state index in [9.17, 15) is 4.79 Å². The van der Waals surface area contributed by atoms with Crippen molar-refractivity contribution in [2.45, 2.75) is 58.3 Å². The van der Waals surface area contributed by atoms with Gasteiger partial charge in [0.2, 0.25) is 5.91 Å². The Hall–Kier alpha value is -2.63. The quantitative estimate of drug-likeness (QED) is 0.509. The van der Waals surface area contributed by atoms with Crippen molar-refractivity contribution in [3.8, 4) is 5.75 Å². The Balaban J connectivity index is 1.39. The maximum absolute atomic E-state index is 12.6. The molecule has 2 aromatic carbocycles. The number of hydrogen-bond donors (Lipinski definition) is 3. The lowest BCUT2D eigenvalue weighted by Crippen LogP contribution is -2.47. The molecule has 5 heteroatoms. The Labute approximate surface area is 186 Å². The molecule has 0 aliphatic carbocycles. The molecule has 3 N–H and O–H groups in total. The molecule has 0 aromatic heterocycles. The van der Waals surface area contributed by atoms with Crippen molar-refractivity contribution >= 4 is 5.91 Å². The molecule has 31 heavy (non-hydrogen) atoms. The van der Waals surface area contributed by atoms with E-state index in [0.717, 1.165) is 42.0 Å². The van der Waals surface area contributed by atoms with Crippen molar-refractivity contribution in [1.82, 2.24) is 16.0 Å².